The van der Waals surface area contributed by atoms with Gasteiger partial charge in [-0.15, -0.1) is 22.7 Å². The van der Waals surface area contributed by atoms with Crippen LogP contribution in [0, 0.1) is 6.92 Å². The molecule has 1 atom stereocenters. The normalized spacial score (nSPS) is 18.5. The average molecular weight is 365 g/mol. The standard InChI is InChI=1S/C17H24N4OS2/c1-13-12-24-16(18-13)11-20(2)17(22)19-14-5-3-7-21(9-14)10-15-6-4-8-23-15/h4,6,8,12,14H,3,5,7,9-11H2,1-2H3,(H,19,22)/t14-/m1/s1. The first-order chi connectivity index (χ1) is 11.6. The second-order valence-corrected chi connectivity index (χ2v) is 8.32. The van der Waals surface area contributed by atoms with Crippen molar-refractivity contribution in [1.82, 2.24) is 20.1 Å². The van der Waals surface area contributed by atoms with Gasteiger partial charge in [0.05, 0.1) is 6.54 Å². The molecule has 0 bridgehead atoms. The smallest absolute Gasteiger partial charge is 0.317 e. The fraction of sp³-hybridized carbons (Fsp3) is 0.529. The molecule has 0 saturated carbocycles. The van der Waals surface area contributed by atoms with Gasteiger partial charge in [0.1, 0.15) is 5.01 Å². The van der Waals surface area contributed by atoms with Crippen LogP contribution in [0.5, 0.6) is 0 Å². The lowest BCUT2D eigenvalue weighted by Crippen LogP contribution is -2.50. The number of hydrogen-bond donors (Lipinski definition) is 1. The Kier molecular flexibility index (Phi) is 5.86. The summed E-state index contributed by atoms with van der Waals surface area (Å²) in [6, 6.07) is 4.49. The number of thiophene rings is 1. The van der Waals surface area contributed by atoms with E-state index in [-0.39, 0.29) is 12.1 Å². The second-order valence-electron chi connectivity index (χ2n) is 6.34. The van der Waals surface area contributed by atoms with E-state index in [4.69, 9.17) is 0 Å². The van der Waals surface area contributed by atoms with Gasteiger partial charge in [-0.3, -0.25) is 4.90 Å². The Hall–Kier alpha value is -1.44. The number of amides is 2. The SMILES string of the molecule is Cc1csc(CN(C)C(=O)N[C@@H]2CCCN(Cc3cccs3)C2)n1. The Labute approximate surface area is 151 Å². The number of thiazole rings is 1. The highest BCUT2D eigenvalue weighted by Crippen LogP contribution is 2.17. The Morgan fingerprint density at radius 2 is 2.38 bits per heavy atom. The minimum Gasteiger partial charge on any atom is -0.334 e. The van der Waals surface area contributed by atoms with Crippen molar-refractivity contribution < 1.29 is 4.79 Å². The van der Waals surface area contributed by atoms with Crippen LogP contribution in [0.15, 0.2) is 22.9 Å². The molecule has 1 aliphatic heterocycles. The van der Waals surface area contributed by atoms with Crippen LogP contribution >= 0.6 is 22.7 Å². The van der Waals surface area contributed by atoms with E-state index in [2.05, 4.69) is 32.7 Å². The number of piperidine rings is 1. The molecule has 3 heterocycles. The highest BCUT2D eigenvalue weighted by Gasteiger charge is 2.23. The fourth-order valence-corrected chi connectivity index (χ4v) is 4.55. The van der Waals surface area contributed by atoms with E-state index in [1.807, 2.05) is 19.4 Å². The molecule has 5 nitrogen and oxygen atoms in total. The summed E-state index contributed by atoms with van der Waals surface area (Å²) in [6.45, 7) is 5.56. The molecule has 1 fully saturated rings. The quantitative estimate of drug-likeness (QED) is 0.885. The number of carbonyl (C=O) groups is 1. The number of aromatic nitrogens is 1. The maximum atomic E-state index is 12.4. The van der Waals surface area contributed by atoms with Gasteiger partial charge in [0, 0.05) is 42.1 Å². The Balaban J connectivity index is 1.48. The summed E-state index contributed by atoms with van der Waals surface area (Å²) in [5, 5.41) is 8.30. The molecule has 0 aliphatic carbocycles. The molecule has 24 heavy (non-hydrogen) atoms. The van der Waals surface area contributed by atoms with E-state index in [9.17, 15) is 4.79 Å². The molecule has 7 heteroatoms. The van der Waals surface area contributed by atoms with E-state index in [0.29, 0.717) is 6.54 Å². The summed E-state index contributed by atoms with van der Waals surface area (Å²) in [7, 11) is 1.83. The Bertz CT molecular complexity index is 655. The largest absolute Gasteiger partial charge is 0.334 e. The average Bonchev–Trinajstić information content (AvgIpc) is 3.19. The van der Waals surface area contributed by atoms with Crippen LogP contribution in [0.4, 0.5) is 4.79 Å². The van der Waals surface area contributed by atoms with Crippen LogP contribution in [0.1, 0.15) is 28.4 Å². The van der Waals surface area contributed by atoms with Crippen LogP contribution in [0.25, 0.3) is 0 Å². The number of nitrogens with zero attached hydrogens (tertiary/aromatic N) is 3. The third-order valence-corrected chi connectivity index (χ3v) is 5.99. The van der Waals surface area contributed by atoms with E-state index in [0.717, 1.165) is 43.2 Å². The van der Waals surface area contributed by atoms with Crippen LogP contribution < -0.4 is 5.32 Å². The van der Waals surface area contributed by atoms with E-state index < -0.39 is 0 Å². The maximum Gasteiger partial charge on any atom is 0.317 e. The summed E-state index contributed by atoms with van der Waals surface area (Å²) < 4.78 is 0. The van der Waals surface area contributed by atoms with Crippen LogP contribution in [0.3, 0.4) is 0 Å². The zero-order valence-electron chi connectivity index (χ0n) is 14.2. The number of rotatable bonds is 5. The first-order valence-electron chi connectivity index (χ1n) is 8.27. The minimum absolute atomic E-state index is 0.00849. The van der Waals surface area contributed by atoms with Crippen molar-refractivity contribution in [2.24, 2.45) is 0 Å². The molecule has 1 aliphatic rings. The zero-order chi connectivity index (χ0) is 16.9. The van der Waals surface area contributed by atoms with Crippen molar-refractivity contribution in [2.75, 3.05) is 20.1 Å². The second kappa shape index (κ2) is 8.09. The number of nitrogens with one attached hydrogen (secondary N) is 1. The molecule has 0 spiro atoms. The molecule has 130 valence electrons. The maximum absolute atomic E-state index is 12.4. The molecule has 2 aromatic rings. The number of urea groups is 1. The summed E-state index contributed by atoms with van der Waals surface area (Å²) in [4.78, 5) is 22.4. The van der Waals surface area contributed by atoms with Crippen molar-refractivity contribution in [3.63, 3.8) is 0 Å². The van der Waals surface area contributed by atoms with Gasteiger partial charge in [0.25, 0.3) is 0 Å². The summed E-state index contributed by atoms with van der Waals surface area (Å²) in [5.74, 6) is 0. The van der Waals surface area contributed by atoms with Crippen molar-refractivity contribution in [1.29, 1.82) is 0 Å². The van der Waals surface area contributed by atoms with Gasteiger partial charge in [0.15, 0.2) is 0 Å². The van der Waals surface area contributed by atoms with E-state index >= 15 is 0 Å². The van der Waals surface area contributed by atoms with Crippen molar-refractivity contribution in [3.8, 4) is 0 Å². The van der Waals surface area contributed by atoms with E-state index in [1.165, 1.54) is 4.88 Å². The molecule has 1 N–H and O–H groups in total. The lowest BCUT2D eigenvalue weighted by atomic mass is 10.1. The highest BCUT2D eigenvalue weighted by atomic mass is 32.1. The summed E-state index contributed by atoms with van der Waals surface area (Å²) in [6.07, 6.45) is 2.18. The zero-order valence-corrected chi connectivity index (χ0v) is 15.8. The number of carbonyl (C=O) groups excluding carboxylic acids is 1. The predicted octanol–water partition coefficient (Wildman–Crippen LogP) is 3.32. The molecule has 0 aromatic carbocycles. The molecule has 2 aromatic heterocycles. The van der Waals surface area contributed by atoms with Gasteiger partial charge in [-0.05, 0) is 37.8 Å². The molecular formula is C17H24N4OS2. The molecule has 2 amide bonds. The number of aryl methyl sites for hydroxylation is 1. The van der Waals surface area contributed by atoms with Crippen LogP contribution in [-0.2, 0) is 13.1 Å². The van der Waals surface area contributed by atoms with Gasteiger partial charge >= 0.3 is 6.03 Å². The predicted molar refractivity (Wildman–Crippen MR) is 99.5 cm³/mol. The molecule has 0 radical (unpaired) electrons. The van der Waals surface area contributed by atoms with Crippen LogP contribution in [0.2, 0.25) is 0 Å². The first-order valence-corrected chi connectivity index (χ1v) is 10.0. The fourth-order valence-electron chi connectivity index (χ4n) is 2.97. The topological polar surface area (TPSA) is 48.5 Å². The molecule has 0 unspecified atom stereocenters. The molecule has 1 saturated heterocycles. The molecule has 3 rings (SSSR count). The monoisotopic (exact) mass is 364 g/mol. The van der Waals surface area contributed by atoms with E-state index in [1.54, 1.807) is 27.6 Å². The van der Waals surface area contributed by atoms with Crippen molar-refractivity contribution >= 4 is 28.7 Å². The van der Waals surface area contributed by atoms with Gasteiger partial charge in [-0.1, -0.05) is 6.07 Å². The molecular weight excluding hydrogens is 340 g/mol. The third kappa shape index (κ3) is 4.78. The summed E-state index contributed by atoms with van der Waals surface area (Å²) >= 11 is 3.40. The van der Waals surface area contributed by atoms with Crippen molar-refractivity contribution in [3.05, 3.63) is 38.5 Å². The van der Waals surface area contributed by atoms with Gasteiger partial charge in [0.2, 0.25) is 0 Å². The van der Waals surface area contributed by atoms with Crippen LogP contribution in [-0.4, -0.2) is 47.0 Å². The highest BCUT2D eigenvalue weighted by molar-refractivity contribution is 7.10. The van der Waals surface area contributed by atoms with Crippen molar-refractivity contribution in [2.45, 2.75) is 38.9 Å². The minimum atomic E-state index is -0.00849. The first kappa shape index (κ1) is 17.4. The van der Waals surface area contributed by atoms with Gasteiger partial charge in [-0.25, -0.2) is 9.78 Å². The third-order valence-electron chi connectivity index (χ3n) is 4.18. The lowest BCUT2D eigenvalue weighted by molar-refractivity contribution is 0.168. The summed E-state index contributed by atoms with van der Waals surface area (Å²) in [5.41, 5.74) is 1.01. The Morgan fingerprint density at radius 1 is 1.50 bits per heavy atom. The van der Waals surface area contributed by atoms with Gasteiger partial charge in [-0.2, -0.15) is 0 Å². The van der Waals surface area contributed by atoms with Gasteiger partial charge < -0.3 is 10.2 Å². The number of likely N-dealkylation sites (tertiary alicyclic amines) is 1. The lowest BCUT2D eigenvalue weighted by Gasteiger charge is -2.33. The number of hydrogen-bond acceptors (Lipinski definition) is 5. The Morgan fingerprint density at radius 3 is 3.08 bits per heavy atom.